The quantitative estimate of drug-likeness (QED) is 0.387. The van der Waals surface area contributed by atoms with E-state index in [1.807, 2.05) is 12.1 Å². The lowest BCUT2D eigenvalue weighted by Gasteiger charge is -2.09. The van der Waals surface area contributed by atoms with Crippen LogP contribution in [0, 0.1) is 11.6 Å². The van der Waals surface area contributed by atoms with Crippen LogP contribution in [0.5, 0.6) is 5.75 Å². The molecular formula is C24H18F2N4O. The molecule has 0 bridgehead atoms. The average molecular weight is 416 g/mol. The third-order valence-corrected chi connectivity index (χ3v) is 5.26. The molecule has 0 fully saturated rings. The van der Waals surface area contributed by atoms with Crippen molar-refractivity contribution in [3.8, 4) is 16.9 Å². The monoisotopic (exact) mass is 416 g/mol. The Kier molecular flexibility index (Phi) is 4.78. The Morgan fingerprint density at radius 1 is 0.903 bits per heavy atom. The van der Waals surface area contributed by atoms with Crippen LogP contribution in [-0.2, 0) is 13.0 Å². The van der Waals surface area contributed by atoms with Crippen LogP contribution >= 0.6 is 0 Å². The van der Waals surface area contributed by atoms with Gasteiger partial charge in [0, 0.05) is 17.8 Å². The minimum absolute atomic E-state index is 0.192. The van der Waals surface area contributed by atoms with Crippen LogP contribution in [0.3, 0.4) is 0 Å². The second-order valence-electron chi connectivity index (χ2n) is 7.19. The average Bonchev–Trinajstić information content (AvgIpc) is 3.21. The highest BCUT2D eigenvalue weighted by Crippen LogP contribution is 2.26. The van der Waals surface area contributed by atoms with E-state index in [-0.39, 0.29) is 6.61 Å². The first-order valence-corrected chi connectivity index (χ1v) is 9.92. The van der Waals surface area contributed by atoms with Crippen LogP contribution in [0.1, 0.15) is 18.3 Å². The van der Waals surface area contributed by atoms with Gasteiger partial charge in [0.25, 0.3) is 0 Å². The Morgan fingerprint density at radius 2 is 1.77 bits per heavy atom. The highest BCUT2D eigenvalue weighted by molar-refractivity contribution is 5.85. The number of pyridine rings is 2. The maximum atomic E-state index is 13.7. The summed E-state index contributed by atoms with van der Waals surface area (Å²) < 4.78 is 34.8. The molecule has 0 amide bonds. The van der Waals surface area contributed by atoms with Crippen LogP contribution in [0.15, 0.2) is 67.0 Å². The summed E-state index contributed by atoms with van der Waals surface area (Å²) in [5.41, 5.74) is 4.01. The molecule has 0 atom stereocenters. The first-order valence-electron chi connectivity index (χ1n) is 9.92. The van der Waals surface area contributed by atoms with Crippen LogP contribution in [0.25, 0.3) is 27.7 Å². The topological polar surface area (TPSA) is 52.3 Å². The summed E-state index contributed by atoms with van der Waals surface area (Å²) in [6.07, 6.45) is 4.45. The Balaban J connectivity index is 1.46. The lowest BCUT2D eigenvalue weighted by molar-refractivity contribution is 0.298. The number of hydrogen-bond acceptors (Lipinski definition) is 4. The summed E-state index contributed by atoms with van der Waals surface area (Å²) in [5, 5.41) is 9.32. The van der Waals surface area contributed by atoms with Gasteiger partial charge in [-0.15, -0.1) is 10.2 Å². The van der Waals surface area contributed by atoms with Crippen molar-refractivity contribution >= 4 is 16.6 Å². The Morgan fingerprint density at radius 3 is 2.61 bits per heavy atom. The SMILES string of the molecule is CCc1ccc2c(OCc3nnc4ccc(-c5ccc(F)c(F)c5)cn34)ccnc2c1. The molecule has 0 spiro atoms. The van der Waals surface area contributed by atoms with E-state index in [4.69, 9.17) is 4.74 Å². The summed E-state index contributed by atoms with van der Waals surface area (Å²) in [5.74, 6) is -0.463. The highest BCUT2D eigenvalue weighted by Gasteiger charge is 2.11. The maximum absolute atomic E-state index is 13.7. The molecule has 0 aliphatic rings. The summed E-state index contributed by atoms with van der Waals surface area (Å²) in [7, 11) is 0. The number of hydrogen-bond donors (Lipinski definition) is 0. The molecule has 0 aliphatic carbocycles. The lowest BCUT2D eigenvalue weighted by Crippen LogP contribution is -2.02. The molecule has 5 aromatic rings. The van der Waals surface area contributed by atoms with Crippen LogP contribution in [0.2, 0.25) is 0 Å². The van der Waals surface area contributed by atoms with Crippen molar-refractivity contribution in [2.45, 2.75) is 20.0 Å². The van der Waals surface area contributed by atoms with Crippen molar-refractivity contribution in [1.82, 2.24) is 19.6 Å². The molecule has 0 N–H and O–H groups in total. The van der Waals surface area contributed by atoms with Crippen molar-refractivity contribution in [3.05, 3.63) is 90.0 Å². The van der Waals surface area contributed by atoms with Gasteiger partial charge in [0.1, 0.15) is 12.4 Å². The third-order valence-electron chi connectivity index (χ3n) is 5.26. The third kappa shape index (κ3) is 3.59. The van der Waals surface area contributed by atoms with Gasteiger partial charge in [0.05, 0.1) is 5.52 Å². The molecule has 0 unspecified atom stereocenters. The number of fused-ring (bicyclic) bond motifs is 2. The van der Waals surface area contributed by atoms with E-state index >= 15 is 0 Å². The number of ether oxygens (including phenoxy) is 1. The van der Waals surface area contributed by atoms with E-state index in [1.54, 1.807) is 28.9 Å². The van der Waals surface area contributed by atoms with Gasteiger partial charge >= 0.3 is 0 Å². The zero-order chi connectivity index (χ0) is 21.4. The molecule has 0 saturated carbocycles. The lowest BCUT2D eigenvalue weighted by atomic mass is 10.1. The minimum Gasteiger partial charge on any atom is -0.485 e. The Labute approximate surface area is 177 Å². The van der Waals surface area contributed by atoms with E-state index in [0.29, 0.717) is 28.3 Å². The molecule has 5 rings (SSSR count). The number of aryl methyl sites for hydroxylation is 1. The minimum atomic E-state index is -0.888. The fraction of sp³-hybridized carbons (Fsp3) is 0.125. The number of benzene rings is 2. The van der Waals surface area contributed by atoms with Crippen LogP contribution in [-0.4, -0.2) is 19.6 Å². The van der Waals surface area contributed by atoms with Gasteiger partial charge in [-0.1, -0.05) is 19.1 Å². The van der Waals surface area contributed by atoms with Crippen molar-refractivity contribution in [1.29, 1.82) is 0 Å². The normalized spacial score (nSPS) is 11.3. The first kappa shape index (κ1) is 19.1. The first-order chi connectivity index (χ1) is 15.1. The van der Waals surface area contributed by atoms with E-state index in [1.165, 1.54) is 17.7 Å². The molecular weight excluding hydrogens is 398 g/mol. The van der Waals surface area contributed by atoms with Crippen molar-refractivity contribution in [2.24, 2.45) is 0 Å². The zero-order valence-corrected chi connectivity index (χ0v) is 16.7. The predicted octanol–water partition coefficient (Wildman–Crippen LogP) is 5.36. The number of aromatic nitrogens is 4. The van der Waals surface area contributed by atoms with Crippen LogP contribution in [0.4, 0.5) is 8.78 Å². The molecule has 154 valence electrons. The molecule has 3 aromatic heterocycles. The number of nitrogens with zero attached hydrogens (tertiary/aromatic N) is 4. The maximum Gasteiger partial charge on any atom is 0.175 e. The Bertz CT molecular complexity index is 1410. The zero-order valence-electron chi connectivity index (χ0n) is 16.7. The second kappa shape index (κ2) is 7.75. The van der Waals surface area contributed by atoms with Crippen molar-refractivity contribution in [2.75, 3.05) is 0 Å². The van der Waals surface area contributed by atoms with E-state index in [0.717, 1.165) is 23.4 Å². The standard InChI is InChI=1S/C24H18F2N4O/c1-2-15-3-6-18-21(11-15)27-10-9-22(18)31-14-24-29-28-23-8-5-17(13-30(23)24)16-4-7-19(25)20(26)12-16/h3-13H,2,14H2,1H3. The van der Waals surface area contributed by atoms with Gasteiger partial charge in [-0.25, -0.2) is 8.78 Å². The molecule has 0 aliphatic heterocycles. The fourth-order valence-corrected chi connectivity index (χ4v) is 3.54. The molecule has 3 heterocycles. The molecule has 2 aromatic carbocycles. The van der Waals surface area contributed by atoms with Gasteiger partial charge in [-0.2, -0.15) is 0 Å². The number of rotatable bonds is 5. The van der Waals surface area contributed by atoms with Gasteiger partial charge in [0.15, 0.2) is 23.1 Å². The molecule has 31 heavy (non-hydrogen) atoms. The molecule has 0 saturated heterocycles. The van der Waals surface area contributed by atoms with E-state index < -0.39 is 11.6 Å². The van der Waals surface area contributed by atoms with E-state index in [9.17, 15) is 8.78 Å². The number of halogens is 2. The van der Waals surface area contributed by atoms with E-state index in [2.05, 4.69) is 34.2 Å². The highest BCUT2D eigenvalue weighted by atomic mass is 19.2. The summed E-state index contributed by atoms with van der Waals surface area (Å²) >= 11 is 0. The summed E-state index contributed by atoms with van der Waals surface area (Å²) in [6, 6.07) is 15.4. The van der Waals surface area contributed by atoms with Gasteiger partial charge < -0.3 is 4.74 Å². The van der Waals surface area contributed by atoms with Gasteiger partial charge in [-0.3, -0.25) is 9.38 Å². The molecule has 5 nitrogen and oxygen atoms in total. The van der Waals surface area contributed by atoms with Crippen molar-refractivity contribution < 1.29 is 13.5 Å². The van der Waals surface area contributed by atoms with Gasteiger partial charge in [-0.05, 0) is 65.6 Å². The molecule has 7 heteroatoms. The smallest absolute Gasteiger partial charge is 0.175 e. The fourth-order valence-electron chi connectivity index (χ4n) is 3.54. The molecule has 0 radical (unpaired) electrons. The second-order valence-corrected chi connectivity index (χ2v) is 7.19. The predicted molar refractivity (Wildman–Crippen MR) is 114 cm³/mol. The van der Waals surface area contributed by atoms with Crippen molar-refractivity contribution in [3.63, 3.8) is 0 Å². The van der Waals surface area contributed by atoms with Crippen LogP contribution < -0.4 is 4.74 Å². The summed E-state index contributed by atoms with van der Waals surface area (Å²) in [6.45, 7) is 2.30. The summed E-state index contributed by atoms with van der Waals surface area (Å²) in [4.78, 5) is 4.43. The largest absolute Gasteiger partial charge is 0.485 e. The van der Waals surface area contributed by atoms with Gasteiger partial charge in [0.2, 0.25) is 0 Å². The Hall–Kier alpha value is -3.87.